The van der Waals surface area contributed by atoms with Crippen molar-refractivity contribution in [2.75, 3.05) is 46.8 Å². The summed E-state index contributed by atoms with van der Waals surface area (Å²) >= 11 is 0. The molecule has 0 bridgehead atoms. The van der Waals surface area contributed by atoms with E-state index >= 15 is 0 Å². The van der Waals surface area contributed by atoms with Crippen LogP contribution in [0.15, 0.2) is 24.3 Å². The van der Waals surface area contributed by atoms with Gasteiger partial charge in [0.25, 0.3) is 5.91 Å². The molecule has 0 atom stereocenters. The number of carbonyl (C=O) groups is 2. The Labute approximate surface area is 161 Å². The lowest BCUT2D eigenvalue weighted by Gasteiger charge is -2.42. The highest BCUT2D eigenvalue weighted by Gasteiger charge is 2.57. The SMILES string of the molecule is CCN1C(=O)N(CCN(C)C)C(=O)C12CCN(Cc1cccc(O)c1)CC2. The Morgan fingerprint density at radius 2 is 1.89 bits per heavy atom. The van der Waals surface area contributed by atoms with Crippen LogP contribution in [0.4, 0.5) is 4.79 Å². The van der Waals surface area contributed by atoms with Gasteiger partial charge in [0.15, 0.2) is 0 Å². The van der Waals surface area contributed by atoms with E-state index in [4.69, 9.17) is 0 Å². The minimum Gasteiger partial charge on any atom is -0.508 e. The maximum absolute atomic E-state index is 13.2. The van der Waals surface area contributed by atoms with Crippen molar-refractivity contribution in [3.05, 3.63) is 29.8 Å². The Hall–Kier alpha value is -2.12. The fourth-order valence-electron chi connectivity index (χ4n) is 4.20. The van der Waals surface area contributed by atoms with Gasteiger partial charge < -0.3 is 14.9 Å². The van der Waals surface area contributed by atoms with E-state index in [2.05, 4.69) is 4.90 Å². The summed E-state index contributed by atoms with van der Waals surface area (Å²) in [5.74, 6) is 0.236. The lowest BCUT2D eigenvalue weighted by Crippen LogP contribution is -2.56. The quantitative estimate of drug-likeness (QED) is 0.766. The molecule has 1 N–H and O–H groups in total. The third-order valence-electron chi connectivity index (χ3n) is 5.71. The summed E-state index contributed by atoms with van der Waals surface area (Å²) < 4.78 is 0. The largest absolute Gasteiger partial charge is 0.508 e. The molecule has 1 aromatic rings. The first-order chi connectivity index (χ1) is 12.9. The van der Waals surface area contributed by atoms with Crippen molar-refractivity contribution in [3.63, 3.8) is 0 Å². The standard InChI is InChI=1S/C20H30N4O3/c1-4-24-19(27)23(13-12-21(2)3)18(26)20(24)8-10-22(11-9-20)15-16-6-5-7-17(25)14-16/h5-7,14,25H,4,8-13,15H2,1-3H3. The number of imide groups is 1. The number of benzene rings is 1. The molecule has 0 radical (unpaired) electrons. The molecule has 7 nitrogen and oxygen atoms in total. The molecule has 148 valence electrons. The first-order valence-electron chi connectivity index (χ1n) is 9.66. The predicted octanol–water partition coefficient (Wildman–Crippen LogP) is 1.57. The van der Waals surface area contributed by atoms with Crippen LogP contribution in [0.2, 0.25) is 0 Å². The molecule has 2 fully saturated rings. The number of likely N-dealkylation sites (tertiary alicyclic amines) is 1. The molecule has 3 rings (SSSR count). The van der Waals surface area contributed by atoms with Gasteiger partial charge in [-0.3, -0.25) is 14.6 Å². The van der Waals surface area contributed by atoms with Gasteiger partial charge in [0, 0.05) is 39.3 Å². The highest BCUT2D eigenvalue weighted by atomic mass is 16.3. The van der Waals surface area contributed by atoms with E-state index in [0.29, 0.717) is 32.5 Å². The van der Waals surface area contributed by atoms with Crippen LogP contribution in [-0.2, 0) is 11.3 Å². The molecule has 2 aliphatic rings. The number of aromatic hydroxyl groups is 1. The molecule has 2 saturated heterocycles. The van der Waals surface area contributed by atoms with Crippen LogP contribution in [-0.4, -0.2) is 89.0 Å². The number of urea groups is 1. The van der Waals surface area contributed by atoms with Gasteiger partial charge in [0.05, 0.1) is 0 Å². The van der Waals surface area contributed by atoms with Gasteiger partial charge in [-0.15, -0.1) is 0 Å². The van der Waals surface area contributed by atoms with Gasteiger partial charge in [-0.2, -0.15) is 0 Å². The number of piperidine rings is 1. The normalized spacial score (nSPS) is 20.3. The van der Waals surface area contributed by atoms with Crippen molar-refractivity contribution in [3.8, 4) is 5.75 Å². The molecule has 1 aromatic carbocycles. The summed E-state index contributed by atoms with van der Waals surface area (Å²) in [4.78, 5) is 33.5. The fraction of sp³-hybridized carbons (Fsp3) is 0.600. The van der Waals surface area contributed by atoms with Crippen molar-refractivity contribution >= 4 is 11.9 Å². The van der Waals surface area contributed by atoms with Crippen LogP contribution in [0.5, 0.6) is 5.75 Å². The van der Waals surface area contributed by atoms with Gasteiger partial charge in [0.2, 0.25) is 0 Å². The van der Waals surface area contributed by atoms with E-state index in [1.54, 1.807) is 17.0 Å². The number of carbonyl (C=O) groups excluding carboxylic acids is 2. The number of amides is 3. The zero-order valence-electron chi connectivity index (χ0n) is 16.5. The smallest absolute Gasteiger partial charge is 0.327 e. The second kappa shape index (κ2) is 7.86. The van der Waals surface area contributed by atoms with Gasteiger partial charge >= 0.3 is 6.03 Å². The average molecular weight is 374 g/mol. The molecular formula is C20H30N4O3. The van der Waals surface area contributed by atoms with Crippen LogP contribution in [0.3, 0.4) is 0 Å². The minimum atomic E-state index is -0.687. The summed E-state index contributed by atoms with van der Waals surface area (Å²) in [6.07, 6.45) is 1.31. The fourth-order valence-corrected chi connectivity index (χ4v) is 4.20. The van der Waals surface area contributed by atoms with Gasteiger partial charge in [-0.05, 0) is 51.6 Å². The summed E-state index contributed by atoms with van der Waals surface area (Å²) in [5, 5.41) is 9.64. The number of phenols is 1. The van der Waals surface area contributed by atoms with Crippen LogP contribution in [0.25, 0.3) is 0 Å². The molecule has 0 aliphatic carbocycles. The number of likely N-dealkylation sites (N-methyl/N-ethyl adjacent to an activating group) is 2. The van der Waals surface area contributed by atoms with E-state index in [1.165, 1.54) is 4.90 Å². The molecule has 0 aromatic heterocycles. The molecule has 1 spiro atoms. The number of rotatable bonds is 6. The van der Waals surface area contributed by atoms with Crippen LogP contribution in [0.1, 0.15) is 25.3 Å². The van der Waals surface area contributed by atoms with Crippen molar-refractivity contribution < 1.29 is 14.7 Å². The molecule has 2 heterocycles. The first kappa shape index (κ1) is 19.6. The van der Waals surface area contributed by atoms with Crippen LogP contribution < -0.4 is 0 Å². The Balaban J connectivity index is 1.69. The highest BCUT2D eigenvalue weighted by molar-refractivity contribution is 6.07. The van der Waals surface area contributed by atoms with Gasteiger partial charge in [0.1, 0.15) is 11.3 Å². The maximum Gasteiger partial charge on any atom is 0.327 e. The Bertz CT molecular complexity index is 698. The van der Waals surface area contributed by atoms with Crippen LogP contribution >= 0.6 is 0 Å². The zero-order chi connectivity index (χ0) is 19.6. The number of hydrogen-bond acceptors (Lipinski definition) is 5. The number of phenolic OH excluding ortho intramolecular Hbond substituents is 1. The third kappa shape index (κ3) is 3.80. The molecular weight excluding hydrogens is 344 g/mol. The highest BCUT2D eigenvalue weighted by Crippen LogP contribution is 2.37. The van der Waals surface area contributed by atoms with Crippen molar-refractivity contribution in [2.45, 2.75) is 31.8 Å². The molecule has 3 amide bonds. The monoisotopic (exact) mass is 374 g/mol. The van der Waals surface area contributed by atoms with E-state index in [0.717, 1.165) is 25.2 Å². The Morgan fingerprint density at radius 3 is 2.48 bits per heavy atom. The van der Waals surface area contributed by atoms with Gasteiger partial charge in [-0.25, -0.2) is 4.79 Å². The summed E-state index contributed by atoms with van der Waals surface area (Å²) in [6, 6.07) is 7.13. The lowest BCUT2D eigenvalue weighted by atomic mass is 9.85. The van der Waals surface area contributed by atoms with Gasteiger partial charge in [-0.1, -0.05) is 12.1 Å². The second-order valence-corrected chi connectivity index (χ2v) is 7.76. The Kier molecular flexibility index (Phi) is 5.72. The van der Waals surface area contributed by atoms with Crippen molar-refractivity contribution in [2.24, 2.45) is 0 Å². The second-order valence-electron chi connectivity index (χ2n) is 7.76. The molecule has 7 heteroatoms. The zero-order valence-corrected chi connectivity index (χ0v) is 16.5. The molecule has 27 heavy (non-hydrogen) atoms. The van der Waals surface area contributed by atoms with E-state index in [1.807, 2.05) is 38.1 Å². The topological polar surface area (TPSA) is 67.3 Å². The van der Waals surface area contributed by atoms with Crippen molar-refractivity contribution in [1.29, 1.82) is 0 Å². The molecule has 0 unspecified atom stereocenters. The molecule has 2 aliphatic heterocycles. The summed E-state index contributed by atoms with van der Waals surface area (Å²) in [6.45, 7) is 5.87. The number of nitrogens with zero attached hydrogens (tertiary/aromatic N) is 4. The van der Waals surface area contributed by atoms with Crippen molar-refractivity contribution in [1.82, 2.24) is 19.6 Å². The number of hydrogen-bond donors (Lipinski definition) is 1. The summed E-state index contributed by atoms with van der Waals surface area (Å²) in [7, 11) is 3.89. The minimum absolute atomic E-state index is 0.0341. The molecule has 0 saturated carbocycles. The van der Waals surface area contributed by atoms with Crippen LogP contribution in [0, 0.1) is 0 Å². The average Bonchev–Trinajstić information content (AvgIpc) is 2.82. The Morgan fingerprint density at radius 1 is 1.19 bits per heavy atom. The van der Waals surface area contributed by atoms with E-state index in [-0.39, 0.29) is 17.7 Å². The lowest BCUT2D eigenvalue weighted by molar-refractivity contribution is -0.135. The summed E-state index contributed by atoms with van der Waals surface area (Å²) in [5.41, 5.74) is 0.368. The third-order valence-corrected chi connectivity index (χ3v) is 5.71. The van der Waals surface area contributed by atoms with E-state index in [9.17, 15) is 14.7 Å². The first-order valence-corrected chi connectivity index (χ1v) is 9.66. The predicted molar refractivity (Wildman–Crippen MR) is 103 cm³/mol. The maximum atomic E-state index is 13.2. The van der Waals surface area contributed by atoms with E-state index < -0.39 is 5.54 Å².